The Balaban J connectivity index is 1.77. The van der Waals surface area contributed by atoms with Gasteiger partial charge in [0.2, 0.25) is 0 Å². The highest BCUT2D eigenvalue weighted by Gasteiger charge is 2.07. The maximum absolute atomic E-state index is 4.37. The predicted octanol–water partition coefficient (Wildman–Crippen LogP) is 2.40. The third-order valence-corrected chi connectivity index (χ3v) is 3.11. The van der Waals surface area contributed by atoms with Crippen molar-refractivity contribution in [2.24, 2.45) is 0 Å². The molecular formula is C15H17N5. The van der Waals surface area contributed by atoms with Crippen LogP contribution >= 0.6 is 0 Å². The van der Waals surface area contributed by atoms with E-state index in [1.54, 1.807) is 4.52 Å². The Labute approximate surface area is 117 Å². The van der Waals surface area contributed by atoms with Crippen molar-refractivity contribution in [2.45, 2.75) is 20.3 Å². The second-order valence-corrected chi connectivity index (χ2v) is 4.82. The summed E-state index contributed by atoms with van der Waals surface area (Å²) in [4.78, 5) is 8.67. The van der Waals surface area contributed by atoms with Gasteiger partial charge in [0.25, 0.3) is 5.78 Å². The molecule has 0 amide bonds. The van der Waals surface area contributed by atoms with Crippen molar-refractivity contribution < 1.29 is 0 Å². The first kappa shape index (κ1) is 12.6. The zero-order chi connectivity index (χ0) is 13.9. The molecule has 102 valence electrons. The van der Waals surface area contributed by atoms with E-state index in [9.17, 15) is 0 Å². The molecule has 3 rings (SSSR count). The number of aryl methyl sites for hydroxylation is 2. The summed E-state index contributed by atoms with van der Waals surface area (Å²) < 4.78 is 1.76. The Morgan fingerprint density at radius 1 is 1.10 bits per heavy atom. The van der Waals surface area contributed by atoms with Crippen molar-refractivity contribution in [3.8, 4) is 0 Å². The minimum Gasteiger partial charge on any atom is -0.370 e. The molecule has 0 unspecified atom stereocenters. The van der Waals surface area contributed by atoms with Crippen molar-refractivity contribution >= 4 is 11.6 Å². The summed E-state index contributed by atoms with van der Waals surface area (Å²) in [6.45, 7) is 4.69. The van der Waals surface area contributed by atoms with Crippen LogP contribution in [0.1, 0.15) is 17.1 Å². The molecule has 5 heteroatoms. The number of rotatable bonds is 4. The standard InChI is InChI=1S/C15H17N5/c1-11-10-14(20-15(17-11)18-12(2)19-20)16-9-8-13-6-4-3-5-7-13/h3-7,10,16H,8-9H2,1-2H3. The molecule has 1 N–H and O–H groups in total. The summed E-state index contributed by atoms with van der Waals surface area (Å²) in [5, 5.41) is 7.77. The van der Waals surface area contributed by atoms with E-state index in [1.807, 2.05) is 26.0 Å². The molecule has 0 atom stereocenters. The Morgan fingerprint density at radius 2 is 1.90 bits per heavy atom. The van der Waals surface area contributed by atoms with Gasteiger partial charge in [-0.05, 0) is 25.8 Å². The number of nitrogens with one attached hydrogen (secondary N) is 1. The van der Waals surface area contributed by atoms with Crippen LogP contribution in [-0.4, -0.2) is 26.1 Å². The lowest BCUT2D eigenvalue weighted by molar-refractivity contribution is 0.892. The Morgan fingerprint density at radius 3 is 2.70 bits per heavy atom. The van der Waals surface area contributed by atoms with Crippen molar-refractivity contribution in [1.29, 1.82) is 0 Å². The van der Waals surface area contributed by atoms with Gasteiger partial charge in [0.1, 0.15) is 11.6 Å². The van der Waals surface area contributed by atoms with E-state index in [0.717, 1.165) is 30.3 Å². The first-order valence-electron chi connectivity index (χ1n) is 6.71. The van der Waals surface area contributed by atoms with E-state index < -0.39 is 0 Å². The second kappa shape index (κ2) is 5.28. The zero-order valence-corrected chi connectivity index (χ0v) is 11.7. The monoisotopic (exact) mass is 267 g/mol. The molecule has 3 aromatic rings. The SMILES string of the molecule is Cc1cc(NCCc2ccccc2)n2nc(C)nc2n1. The van der Waals surface area contributed by atoms with E-state index in [0.29, 0.717) is 5.78 Å². The minimum absolute atomic E-state index is 0.643. The van der Waals surface area contributed by atoms with E-state index in [2.05, 4.69) is 44.6 Å². The fourth-order valence-corrected chi connectivity index (χ4v) is 2.19. The molecule has 0 aliphatic carbocycles. The quantitative estimate of drug-likeness (QED) is 0.788. The number of nitrogens with zero attached hydrogens (tertiary/aromatic N) is 4. The van der Waals surface area contributed by atoms with Gasteiger partial charge in [-0.25, -0.2) is 4.98 Å². The lowest BCUT2D eigenvalue weighted by Gasteiger charge is -2.08. The molecule has 0 radical (unpaired) electrons. The normalized spacial score (nSPS) is 10.9. The van der Waals surface area contributed by atoms with Crippen LogP contribution in [0.3, 0.4) is 0 Å². The third-order valence-electron chi connectivity index (χ3n) is 3.11. The van der Waals surface area contributed by atoms with Gasteiger partial charge in [-0.15, -0.1) is 5.10 Å². The maximum Gasteiger partial charge on any atom is 0.254 e. The summed E-state index contributed by atoms with van der Waals surface area (Å²) in [7, 11) is 0. The summed E-state index contributed by atoms with van der Waals surface area (Å²) in [6, 6.07) is 12.4. The maximum atomic E-state index is 4.37. The molecule has 20 heavy (non-hydrogen) atoms. The molecule has 0 bridgehead atoms. The highest BCUT2D eigenvalue weighted by Crippen LogP contribution is 2.11. The average molecular weight is 267 g/mol. The topological polar surface area (TPSA) is 55.1 Å². The van der Waals surface area contributed by atoms with Crippen molar-refractivity contribution in [1.82, 2.24) is 19.6 Å². The van der Waals surface area contributed by atoms with Crippen LogP contribution in [0.4, 0.5) is 5.82 Å². The second-order valence-electron chi connectivity index (χ2n) is 4.82. The highest BCUT2D eigenvalue weighted by molar-refractivity contribution is 5.45. The van der Waals surface area contributed by atoms with Crippen molar-refractivity contribution in [3.05, 3.63) is 53.5 Å². The number of fused-ring (bicyclic) bond motifs is 1. The molecule has 0 saturated carbocycles. The summed E-state index contributed by atoms with van der Waals surface area (Å²) in [5.41, 5.74) is 2.25. The number of anilines is 1. The van der Waals surface area contributed by atoms with Gasteiger partial charge in [-0.1, -0.05) is 30.3 Å². The van der Waals surface area contributed by atoms with E-state index >= 15 is 0 Å². The smallest absolute Gasteiger partial charge is 0.254 e. The highest BCUT2D eigenvalue weighted by atomic mass is 15.4. The summed E-state index contributed by atoms with van der Waals surface area (Å²) in [5.74, 6) is 2.31. The van der Waals surface area contributed by atoms with E-state index in [-0.39, 0.29) is 0 Å². The van der Waals surface area contributed by atoms with Gasteiger partial charge in [0, 0.05) is 18.3 Å². The van der Waals surface area contributed by atoms with Crippen LogP contribution in [0.5, 0.6) is 0 Å². The lowest BCUT2D eigenvalue weighted by atomic mass is 10.1. The van der Waals surface area contributed by atoms with E-state index in [1.165, 1.54) is 5.56 Å². The summed E-state index contributed by atoms with van der Waals surface area (Å²) in [6.07, 6.45) is 0.970. The zero-order valence-electron chi connectivity index (χ0n) is 11.7. The number of hydrogen-bond acceptors (Lipinski definition) is 4. The molecule has 0 fully saturated rings. The van der Waals surface area contributed by atoms with Crippen LogP contribution < -0.4 is 5.32 Å². The molecule has 1 aromatic carbocycles. The molecule has 0 aliphatic heterocycles. The Hall–Kier alpha value is -2.43. The summed E-state index contributed by atoms with van der Waals surface area (Å²) >= 11 is 0. The van der Waals surface area contributed by atoms with Gasteiger partial charge in [0.05, 0.1) is 0 Å². The van der Waals surface area contributed by atoms with Crippen LogP contribution in [0, 0.1) is 13.8 Å². The Bertz CT molecular complexity index is 718. The average Bonchev–Trinajstić information content (AvgIpc) is 2.80. The Kier molecular flexibility index (Phi) is 3.33. The largest absolute Gasteiger partial charge is 0.370 e. The van der Waals surface area contributed by atoms with Crippen LogP contribution in [0.15, 0.2) is 36.4 Å². The fourth-order valence-electron chi connectivity index (χ4n) is 2.19. The van der Waals surface area contributed by atoms with Gasteiger partial charge >= 0.3 is 0 Å². The lowest BCUT2D eigenvalue weighted by Crippen LogP contribution is -2.10. The molecule has 0 spiro atoms. The first-order chi connectivity index (χ1) is 9.72. The molecule has 0 aliphatic rings. The number of aromatic nitrogens is 4. The molecule has 2 heterocycles. The van der Waals surface area contributed by atoms with Gasteiger partial charge in [0.15, 0.2) is 0 Å². The number of hydrogen-bond donors (Lipinski definition) is 1. The minimum atomic E-state index is 0.643. The molecule has 0 saturated heterocycles. The van der Waals surface area contributed by atoms with Crippen LogP contribution in [-0.2, 0) is 6.42 Å². The fraction of sp³-hybridized carbons (Fsp3) is 0.267. The van der Waals surface area contributed by atoms with Gasteiger partial charge < -0.3 is 5.32 Å². The molecule has 2 aromatic heterocycles. The van der Waals surface area contributed by atoms with Gasteiger partial charge in [-0.2, -0.15) is 9.50 Å². The third kappa shape index (κ3) is 2.61. The van der Waals surface area contributed by atoms with Crippen LogP contribution in [0.25, 0.3) is 5.78 Å². The molecule has 5 nitrogen and oxygen atoms in total. The number of benzene rings is 1. The van der Waals surface area contributed by atoms with Crippen molar-refractivity contribution in [2.75, 3.05) is 11.9 Å². The van der Waals surface area contributed by atoms with Crippen molar-refractivity contribution in [3.63, 3.8) is 0 Å². The first-order valence-corrected chi connectivity index (χ1v) is 6.71. The predicted molar refractivity (Wildman–Crippen MR) is 78.9 cm³/mol. The van der Waals surface area contributed by atoms with Gasteiger partial charge in [-0.3, -0.25) is 0 Å². The van der Waals surface area contributed by atoms with Crippen LogP contribution in [0.2, 0.25) is 0 Å². The van der Waals surface area contributed by atoms with E-state index in [4.69, 9.17) is 0 Å². The molecular weight excluding hydrogens is 250 g/mol.